The molecule has 5 rings (SSSR count). The number of carbonyl (C=O) groups excluding carboxylic acids is 5. The third-order valence-electron chi connectivity index (χ3n) is 8.02. The van der Waals surface area contributed by atoms with E-state index in [-0.39, 0.29) is 67.6 Å². The number of benzene rings is 1. The minimum atomic E-state index is -0.694. The zero-order chi connectivity index (χ0) is 32.6. The van der Waals surface area contributed by atoms with Gasteiger partial charge in [0, 0.05) is 50.8 Å². The SMILES string of the molecule is CC(C)[C@@H]1NC(=O)CN(C(=O)CCN2CCCCC2=O)CCNC(=O)c2coc(n2)[C@H](Cc2ccccc2)NC(=O)c2csc1n2. The Kier molecular flexibility index (Phi) is 10.8. The van der Waals surface area contributed by atoms with Gasteiger partial charge in [0.15, 0.2) is 5.69 Å². The summed E-state index contributed by atoms with van der Waals surface area (Å²) < 4.78 is 5.69. The third kappa shape index (κ3) is 8.36. The Hall–Kier alpha value is -4.59. The highest BCUT2D eigenvalue weighted by molar-refractivity contribution is 7.09. The van der Waals surface area contributed by atoms with E-state index < -0.39 is 29.8 Å². The Balaban J connectivity index is 1.39. The molecule has 1 saturated heterocycles. The van der Waals surface area contributed by atoms with Crippen molar-refractivity contribution in [3.63, 3.8) is 0 Å². The van der Waals surface area contributed by atoms with Crippen molar-refractivity contribution >= 4 is 40.9 Å². The first-order chi connectivity index (χ1) is 22.2. The zero-order valence-corrected chi connectivity index (χ0v) is 26.8. The summed E-state index contributed by atoms with van der Waals surface area (Å²) in [5, 5.41) is 10.9. The van der Waals surface area contributed by atoms with Crippen LogP contribution in [0.2, 0.25) is 0 Å². The predicted octanol–water partition coefficient (Wildman–Crippen LogP) is 2.63. The summed E-state index contributed by atoms with van der Waals surface area (Å²) in [4.78, 5) is 77.4. The van der Waals surface area contributed by atoms with E-state index in [1.165, 1.54) is 22.5 Å². The van der Waals surface area contributed by atoms with Crippen LogP contribution < -0.4 is 16.0 Å². The van der Waals surface area contributed by atoms with Crippen LogP contribution in [0.25, 0.3) is 0 Å². The molecule has 3 aromatic rings. The van der Waals surface area contributed by atoms with Gasteiger partial charge in [-0.2, -0.15) is 0 Å². The number of aromatic nitrogens is 2. The van der Waals surface area contributed by atoms with Crippen LogP contribution in [0.3, 0.4) is 0 Å². The Morgan fingerprint density at radius 3 is 2.59 bits per heavy atom. The van der Waals surface area contributed by atoms with Gasteiger partial charge in [-0.15, -0.1) is 11.3 Å². The number of fused-ring (bicyclic) bond motifs is 4. The highest BCUT2D eigenvalue weighted by Crippen LogP contribution is 2.26. The van der Waals surface area contributed by atoms with Crippen LogP contribution in [-0.4, -0.2) is 82.0 Å². The van der Waals surface area contributed by atoms with Crippen molar-refractivity contribution in [2.24, 2.45) is 5.92 Å². The lowest BCUT2D eigenvalue weighted by Crippen LogP contribution is -2.46. The molecule has 2 aliphatic rings. The Morgan fingerprint density at radius 2 is 1.83 bits per heavy atom. The van der Waals surface area contributed by atoms with E-state index in [0.717, 1.165) is 18.4 Å². The molecule has 244 valence electrons. The molecular weight excluding hydrogens is 610 g/mol. The molecule has 0 radical (unpaired) electrons. The molecule has 2 aliphatic heterocycles. The lowest BCUT2D eigenvalue weighted by molar-refractivity contribution is -0.138. The summed E-state index contributed by atoms with van der Waals surface area (Å²) in [6.45, 7) is 4.61. The second-order valence-corrected chi connectivity index (χ2v) is 12.7. The number of hydrogen-bond acceptors (Lipinski definition) is 9. The summed E-state index contributed by atoms with van der Waals surface area (Å²) in [5.41, 5.74) is 1.11. The molecule has 3 N–H and O–H groups in total. The van der Waals surface area contributed by atoms with Crippen LogP contribution in [0.1, 0.15) is 89.1 Å². The van der Waals surface area contributed by atoms with E-state index in [9.17, 15) is 24.0 Å². The molecular formula is C32H39N7O6S. The van der Waals surface area contributed by atoms with Crippen molar-refractivity contribution < 1.29 is 28.4 Å². The van der Waals surface area contributed by atoms with Gasteiger partial charge in [-0.1, -0.05) is 44.2 Å². The number of nitrogens with one attached hydrogen (secondary N) is 3. The molecule has 1 fully saturated rings. The average molecular weight is 650 g/mol. The van der Waals surface area contributed by atoms with Crippen molar-refractivity contribution in [1.29, 1.82) is 0 Å². The van der Waals surface area contributed by atoms with Gasteiger partial charge in [0.2, 0.25) is 23.6 Å². The van der Waals surface area contributed by atoms with Crippen molar-refractivity contribution in [1.82, 2.24) is 35.7 Å². The van der Waals surface area contributed by atoms with Gasteiger partial charge in [0.05, 0.1) is 12.6 Å². The van der Waals surface area contributed by atoms with Crippen LogP contribution in [0.15, 0.2) is 46.4 Å². The number of thiazole rings is 1. The maximum absolute atomic E-state index is 13.4. The van der Waals surface area contributed by atoms with Crippen LogP contribution in [-0.2, 0) is 20.8 Å². The molecule has 4 heterocycles. The van der Waals surface area contributed by atoms with Gasteiger partial charge in [-0.05, 0) is 24.3 Å². The van der Waals surface area contributed by atoms with E-state index in [2.05, 4.69) is 25.9 Å². The molecule has 13 nitrogen and oxygen atoms in total. The summed E-state index contributed by atoms with van der Waals surface area (Å²) in [5.74, 6) is -1.57. The standard InChI is InChI=1S/C32H39N7O6S/c1-20(2)28-32-36-24(19-46-32)30(44)34-22(16-21-8-4-3-5-9-21)31-35-23(18-45-31)29(43)33-12-15-39(17-25(40)37-28)27(42)11-14-38-13-7-6-10-26(38)41/h3-5,8-9,18-20,22,28H,6-7,10-17H2,1-2H3,(H,33,43)(H,34,44)(H,37,40)/t22-,28-/m0/s1. The first-order valence-electron chi connectivity index (χ1n) is 15.6. The maximum Gasteiger partial charge on any atom is 0.273 e. The number of likely N-dealkylation sites (tertiary alicyclic amines) is 1. The van der Waals surface area contributed by atoms with Crippen LogP contribution in [0.4, 0.5) is 0 Å². The number of oxazole rings is 1. The molecule has 5 amide bonds. The van der Waals surface area contributed by atoms with Crippen LogP contribution >= 0.6 is 11.3 Å². The zero-order valence-electron chi connectivity index (χ0n) is 26.0. The Labute approximate surface area is 271 Å². The van der Waals surface area contributed by atoms with Gasteiger partial charge in [-0.3, -0.25) is 24.0 Å². The summed E-state index contributed by atoms with van der Waals surface area (Å²) in [6, 6.07) is 8.31. The van der Waals surface area contributed by atoms with Gasteiger partial charge in [-0.25, -0.2) is 9.97 Å². The van der Waals surface area contributed by atoms with Crippen molar-refractivity contribution in [2.75, 3.05) is 32.7 Å². The van der Waals surface area contributed by atoms with Crippen molar-refractivity contribution in [2.45, 2.75) is 58.0 Å². The van der Waals surface area contributed by atoms with Gasteiger partial charge >= 0.3 is 0 Å². The number of nitrogens with zero attached hydrogens (tertiary/aromatic N) is 4. The molecule has 4 bridgehead atoms. The largest absolute Gasteiger partial charge is 0.446 e. The van der Waals surface area contributed by atoms with Crippen molar-refractivity contribution in [3.8, 4) is 0 Å². The monoisotopic (exact) mass is 649 g/mol. The number of amides is 5. The average Bonchev–Trinajstić information content (AvgIpc) is 3.73. The highest BCUT2D eigenvalue weighted by Gasteiger charge is 2.29. The summed E-state index contributed by atoms with van der Waals surface area (Å²) in [6.07, 6.45) is 3.85. The molecule has 0 aliphatic carbocycles. The van der Waals surface area contributed by atoms with Gasteiger partial charge < -0.3 is 30.2 Å². The molecule has 2 atom stereocenters. The third-order valence-corrected chi connectivity index (χ3v) is 8.94. The molecule has 14 heteroatoms. The highest BCUT2D eigenvalue weighted by atomic mass is 32.1. The minimum Gasteiger partial charge on any atom is -0.446 e. The number of hydrogen-bond donors (Lipinski definition) is 3. The fraction of sp³-hybridized carbons (Fsp3) is 0.469. The molecule has 0 unspecified atom stereocenters. The Bertz CT molecular complexity index is 1550. The maximum atomic E-state index is 13.4. The van der Waals surface area contributed by atoms with E-state index >= 15 is 0 Å². The topological polar surface area (TPSA) is 167 Å². The Morgan fingerprint density at radius 1 is 1.02 bits per heavy atom. The summed E-state index contributed by atoms with van der Waals surface area (Å²) in [7, 11) is 0. The van der Waals surface area contributed by atoms with E-state index in [1.54, 1.807) is 10.3 Å². The lowest BCUT2D eigenvalue weighted by atomic mass is 10.0. The minimum absolute atomic E-state index is 0.0124. The molecule has 46 heavy (non-hydrogen) atoms. The normalized spacial score (nSPS) is 20.1. The molecule has 2 aromatic heterocycles. The number of carbonyl (C=O) groups is 5. The molecule has 0 spiro atoms. The fourth-order valence-corrected chi connectivity index (χ4v) is 6.47. The van der Waals surface area contributed by atoms with E-state index in [0.29, 0.717) is 24.4 Å². The van der Waals surface area contributed by atoms with Crippen LogP contribution in [0, 0.1) is 5.92 Å². The molecule has 0 saturated carbocycles. The van der Waals surface area contributed by atoms with E-state index in [1.807, 2.05) is 44.2 Å². The summed E-state index contributed by atoms with van der Waals surface area (Å²) >= 11 is 1.26. The quantitative estimate of drug-likeness (QED) is 0.367. The van der Waals surface area contributed by atoms with Gasteiger partial charge in [0.1, 0.15) is 23.0 Å². The van der Waals surface area contributed by atoms with E-state index in [4.69, 9.17) is 4.42 Å². The van der Waals surface area contributed by atoms with Crippen molar-refractivity contribution in [3.05, 3.63) is 69.8 Å². The number of piperidine rings is 1. The lowest BCUT2D eigenvalue weighted by Gasteiger charge is -2.29. The fourth-order valence-electron chi connectivity index (χ4n) is 5.45. The first kappa shape index (κ1) is 32.8. The second kappa shape index (κ2) is 15.1. The van der Waals surface area contributed by atoms with Crippen LogP contribution in [0.5, 0.6) is 0 Å². The smallest absolute Gasteiger partial charge is 0.273 e. The van der Waals surface area contributed by atoms with Gasteiger partial charge in [0.25, 0.3) is 11.8 Å². The first-order valence-corrected chi connectivity index (χ1v) is 16.4. The number of rotatable bonds is 6. The predicted molar refractivity (Wildman–Crippen MR) is 169 cm³/mol. The molecule has 1 aromatic carbocycles. The second-order valence-electron chi connectivity index (χ2n) is 11.8.